The summed E-state index contributed by atoms with van der Waals surface area (Å²) in [6.07, 6.45) is 1.39. The highest BCUT2D eigenvalue weighted by Crippen LogP contribution is 2.60. The van der Waals surface area contributed by atoms with Gasteiger partial charge in [-0.2, -0.15) is 5.26 Å². The highest BCUT2D eigenvalue weighted by Gasteiger charge is 2.64. The second-order valence-electron chi connectivity index (χ2n) is 3.70. The minimum absolute atomic E-state index is 0. The normalized spacial score (nSPS) is 38.1. The Morgan fingerprint density at radius 2 is 1.93 bits per heavy atom. The first kappa shape index (κ1) is 11.3. The van der Waals surface area contributed by atoms with E-state index in [1.54, 1.807) is 0 Å². The molecule has 4 unspecified atom stereocenters. The zero-order valence-electron chi connectivity index (χ0n) is 7.25. The maximum absolute atomic E-state index is 11.0. The zero-order valence-corrected chi connectivity index (χ0v) is 8.07. The largest absolute Gasteiger partial charge is 0.481 e. The van der Waals surface area contributed by atoms with Crippen molar-refractivity contribution in [1.29, 1.82) is 0 Å². The molecule has 0 bridgehead atoms. The lowest BCUT2D eigenvalue weighted by molar-refractivity contribution is -0.239. The summed E-state index contributed by atoms with van der Waals surface area (Å²) in [6.45, 7) is 0. The second-order valence-corrected chi connectivity index (χ2v) is 3.70. The Balaban J connectivity index is 0.000000980. The van der Waals surface area contributed by atoms with Crippen LogP contribution in [-0.2, 0) is 14.5 Å². The molecule has 2 aliphatic rings. The molecule has 5 nitrogen and oxygen atoms in total. The Labute approximate surface area is 86.4 Å². The molecular weight excluding hydrogens is 212 g/mol. The number of carbonyl (C=O) groups excluding carboxylic acids is 1. The summed E-state index contributed by atoms with van der Waals surface area (Å²) in [5.41, 5.74) is 0. The van der Waals surface area contributed by atoms with E-state index in [-0.39, 0.29) is 24.2 Å². The number of carboxylic acids is 1. The molecule has 0 aromatic rings. The molecule has 2 N–H and O–H groups in total. The third-order valence-electron chi connectivity index (χ3n) is 3.18. The summed E-state index contributed by atoms with van der Waals surface area (Å²) < 4.78 is 0. The van der Waals surface area contributed by atoms with Crippen molar-refractivity contribution in [1.82, 2.24) is 0 Å². The van der Waals surface area contributed by atoms with Crippen LogP contribution in [0, 0.1) is 23.7 Å². The van der Waals surface area contributed by atoms with E-state index in [1.165, 1.54) is 0 Å². The molecule has 80 valence electrons. The van der Waals surface area contributed by atoms with E-state index < -0.39 is 23.8 Å². The third-order valence-corrected chi connectivity index (χ3v) is 3.18. The van der Waals surface area contributed by atoms with Crippen LogP contribution in [0.3, 0.4) is 0 Å². The van der Waals surface area contributed by atoms with Crippen molar-refractivity contribution >= 4 is 24.3 Å². The van der Waals surface area contributed by atoms with Crippen LogP contribution in [0.2, 0.25) is 0 Å². The van der Waals surface area contributed by atoms with Gasteiger partial charge in [0.1, 0.15) is 0 Å². The molecule has 0 heterocycles. The fourth-order valence-electron chi connectivity index (χ4n) is 2.58. The molecule has 0 aliphatic heterocycles. The van der Waals surface area contributed by atoms with Crippen LogP contribution in [0.25, 0.3) is 0 Å². The van der Waals surface area contributed by atoms with Crippen molar-refractivity contribution in [3.8, 4) is 0 Å². The number of fused-ring (bicyclic) bond motifs is 1. The van der Waals surface area contributed by atoms with E-state index in [0.717, 1.165) is 6.42 Å². The molecule has 0 amide bonds. The van der Waals surface area contributed by atoms with Gasteiger partial charge in [0, 0.05) is 0 Å². The molecule has 2 saturated carbocycles. The molecule has 0 spiro atoms. The van der Waals surface area contributed by atoms with Gasteiger partial charge in [-0.05, 0) is 24.7 Å². The second kappa shape index (κ2) is 3.74. The van der Waals surface area contributed by atoms with Crippen molar-refractivity contribution in [3.05, 3.63) is 0 Å². The van der Waals surface area contributed by atoms with Crippen molar-refractivity contribution in [2.75, 3.05) is 0 Å². The molecule has 0 aromatic carbocycles. The van der Waals surface area contributed by atoms with E-state index in [9.17, 15) is 9.59 Å². The highest BCUT2D eigenvalue weighted by atomic mass is 35.5. The lowest BCUT2D eigenvalue weighted by Gasteiger charge is -2.07. The van der Waals surface area contributed by atoms with Gasteiger partial charge in [0.2, 0.25) is 0 Å². The summed E-state index contributed by atoms with van der Waals surface area (Å²) in [5, 5.41) is 16.9. The first-order chi connectivity index (χ1) is 6.16. The average Bonchev–Trinajstić information content (AvgIpc) is 2.68. The van der Waals surface area contributed by atoms with E-state index in [4.69, 9.17) is 10.4 Å². The fourth-order valence-corrected chi connectivity index (χ4v) is 2.58. The summed E-state index contributed by atoms with van der Waals surface area (Å²) in [7, 11) is 0. The van der Waals surface area contributed by atoms with Crippen LogP contribution in [0.15, 0.2) is 0 Å². The summed E-state index contributed by atoms with van der Waals surface area (Å²) in [5.74, 6) is -2.30. The zero-order chi connectivity index (χ0) is 9.59. The maximum Gasteiger partial charge on any atom is 0.345 e. The molecule has 0 aromatic heterocycles. The average molecular weight is 223 g/mol. The van der Waals surface area contributed by atoms with E-state index in [0.29, 0.717) is 6.42 Å². The van der Waals surface area contributed by atoms with Crippen molar-refractivity contribution in [3.63, 3.8) is 0 Å². The fraction of sp³-hybridized carbons (Fsp3) is 0.750. The van der Waals surface area contributed by atoms with Crippen LogP contribution in [0.1, 0.15) is 12.8 Å². The first-order valence-corrected chi connectivity index (χ1v) is 4.25. The summed E-state index contributed by atoms with van der Waals surface area (Å²) >= 11 is 0. The van der Waals surface area contributed by atoms with Crippen molar-refractivity contribution < 1.29 is 24.8 Å². The Bertz CT molecular complexity index is 266. The van der Waals surface area contributed by atoms with Gasteiger partial charge in [-0.1, -0.05) is 0 Å². The molecule has 2 aliphatic carbocycles. The molecule has 2 fully saturated rings. The lowest BCUT2D eigenvalue weighted by Crippen LogP contribution is -2.19. The third kappa shape index (κ3) is 1.46. The predicted octanol–water partition coefficient (Wildman–Crippen LogP) is 0.781. The van der Waals surface area contributed by atoms with E-state index >= 15 is 0 Å². The SMILES string of the molecule is Cl.O=C(OO)C1CCC2C(C(=O)O)C12. The van der Waals surface area contributed by atoms with Gasteiger partial charge in [0.25, 0.3) is 0 Å². The van der Waals surface area contributed by atoms with Crippen LogP contribution in [0.5, 0.6) is 0 Å². The van der Waals surface area contributed by atoms with Gasteiger partial charge in [-0.15, -0.1) is 12.4 Å². The maximum atomic E-state index is 11.0. The number of carbonyl (C=O) groups is 2. The Morgan fingerprint density at radius 3 is 2.36 bits per heavy atom. The number of halogens is 1. The molecule has 6 heteroatoms. The van der Waals surface area contributed by atoms with Gasteiger partial charge in [0.05, 0.1) is 11.8 Å². The van der Waals surface area contributed by atoms with Gasteiger partial charge < -0.3 is 9.99 Å². The van der Waals surface area contributed by atoms with Gasteiger partial charge >= 0.3 is 11.9 Å². The molecule has 4 atom stereocenters. The number of hydrogen-bond donors (Lipinski definition) is 2. The minimum Gasteiger partial charge on any atom is -0.481 e. The lowest BCUT2D eigenvalue weighted by atomic mass is 10.0. The quantitative estimate of drug-likeness (QED) is 0.533. The number of hydrogen-bond acceptors (Lipinski definition) is 4. The summed E-state index contributed by atoms with van der Waals surface area (Å²) in [4.78, 5) is 25.2. The number of rotatable bonds is 2. The Hall–Kier alpha value is -0.810. The molecule has 0 saturated heterocycles. The minimum atomic E-state index is -0.842. The van der Waals surface area contributed by atoms with Gasteiger partial charge in [0.15, 0.2) is 0 Å². The Morgan fingerprint density at radius 1 is 1.29 bits per heavy atom. The molecule has 0 radical (unpaired) electrons. The standard InChI is InChI=1S/C8H10O5.ClH/c9-7(10)6-3-1-2-4(5(3)6)8(11)13-12;/h3-6,12H,1-2H2,(H,9,10);1H. The van der Waals surface area contributed by atoms with Gasteiger partial charge in [-0.3, -0.25) is 4.79 Å². The first-order valence-electron chi connectivity index (χ1n) is 4.25. The molecule has 2 rings (SSSR count). The smallest absolute Gasteiger partial charge is 0.345 e. The number of aliphatic carboxylic acids is 1. The van der Waals surface area contributed by atoms with Crippen LogP contribution in [0.4, 0.5) is 0 Å². The topological polar surface area (TPSA) is 83.8 Å². The molecule has 14 heavy (non-hydrogen) atoms. The van der Waals surface area contributed by atoms with Crippen LogP contribution in [-0.4, -0.2) is 22.3 Å². The van der Waals surface area contributed by atoms with Gasteiger partial charge in [-0.25, -0.2) is 4.79 Å². The Kier molecular flexibility index (Phi) is 3.01. The molecular formula is C8H11ClO5. The highest BCUT2D eigenvalue weighted by molar-refractivity contribution is 5.85. The van der Waals surface area contributed by atoms with E-state index in [1.807, 2.05) is 0 Å². The predicted molar refractivity (Wildman–Crippen MR) is 46.8 cm³/mol. The van der Waals surface area contributed by atoms with E-state index in [2.05, 4.69) is 4.89 Å². The van der Waals surface area contributed by atoms with Crippen molar-refractivity contribution in [2.45, 2.75) is 12.8 Å². The van der Waals surface area contributed by atoms with Crippen LogP contribution < -0.4 is 0 Å². The van der Waals surface area contributed by atoms with Crippen molar-refractivity contribution in [2.24, 2.45) is 23.7 Å². The number of carboxylic acid groups (broad SMARTS) is 1. The monoisotopic (exact) mass is 222 g/mol. The summed E-state index contributed by atoms with van der Waals surface area (Å²) in [6, 6.07) is 0. The van der Waals surface area contributed by atoms with Crippen LogP contribution >= 0.6 is 12.4 Å².